The zero-order chi connectivity index (χ0) is 14.4. The number of fused-ring (bicyclic) bond motifs is 2. The van der Waals surface area contributed by atoms with Crippen LogP contribution in [-0.4, -0.2) is 11.9 Å². The minimum absolute atomic E-state index is 0.380. The first kappa shape index (κ1) is 12.7. The number of anilines is 2. The fourth-order valence-corrected chi connectivity index (χ4v) is 3.06. The van der Waals surface area contributed by atoms with Crippen LogP contribution in [0.25, 0.3) is 0 Å². The minimum atomic E-state index is 0.380. The van der Waals surface area contributed by atoms with Crippen molar-refractivity contribution < 1.29 is 4.74 Å². The number of halogens is 1. The summed E-state index contributed by atoms with van der Waals surface area (Å²) >= 11 is 6.11. The van der Waals surface area contributed by atoms with E-state index in [4.69, 9.17) is 21.3 Å². The lowest BCUT2D eigenvalue weighted by Crippen LogP contribution is -2.27. The molecule has 0 bridgehead atoms. The zero-order valence-corrected chi connectivity index (χ0v) is 12.5. The van der Waals surface area contributed by atoms with Gasteiger partial charge in [-0.25, -0.2) is 0 Å². The number of aliphatic imine (C=N–C) groups is 1. The van der Waals surface area contributed by atoms with E-state index in [0.29, 0.717) is 11.1 Å². The van der Waals surface area contributed by atoms with Gasteiger partial charge < -0.3 is 4.74 Å². The highest BCUT2D eigenvalue weighted by Crippen LogP contribution is 2.48. The molecule has 0 fully saturated rings. The van der Waals surface area contributed by atoms with Crippen LogP contribution in [0.15, 0.2) is 47.5 Å². The third kappa shape index (κ3) is 2.09. The molecule has 0 saturated heterocycles. The van der Waals surface area contributed by atoms with Crippen molar-refractivity contribution in [1.29, 1.82) is 0 Å². The average molecular weight is 299 g/mol. The van der Waals surface area contributed by atoms with Crippen LogP contribution in [0.2, 0.25) is 5.02 Å². The van der Waals surface area contributed by atoms with E-state index in [1.807, 2.05) is 36.4 Å². The Labute approximate surface area is 128 Å². The maximum atomic E-state index is 6.11. The zero-order valence-electron chi connectivity index (χ0n) is 11.7. The number of ether oxygens (including phenoxy) is 1. The van der Waals surface area contributed by atoms with Crippen LogP contribution in [0.4, 0.5) is 11.4 Å². The average Bonchev–Trinajstić information content (AvgIpc) is 2.90. The van der Waals surface area contributed by atoms with Crippen molar-refractivity contribution in [2.45, 2.75) is 25.8 Å². The number of rotatable bonds is 0. The molecule has 4 heteroatoms. The van der Waals surface area contributed by atoms with E-state index < -0.39 is 0 Å². The number of amidine groups is 1. The molecule has 0 saturated carbocycles. The molecule has 2 aromatic rings. The van der Waals surface area contributed by atoms with Gasteiger partial charge in [0.05, 0.1) is 11.4 Å². The second-order valence-corrected chi connectivity index (χ2v) is 5.89. The molecule has 4 rings (SSSR count). The third-order valence-electron chi connectivity index (χ3n) is 3.90. The van der Waals surface area contributed by atoms with Crippen molar-refractivity contribution in [2.24, 2.45) is 4.99 Å². The summed E-state index contributed by atoms with van der Waals surface area (Å²) < 4.78 is 5.99. The van der Waals surface area contributed by atoms with Gasteiger partial charge >= 0.3 is 0 Å². The highest BCUT2D eigenvalue weighted by Gasteiger charge is 2.30. The Morgan fingerprint density at radius 1 is 1.14 bits per heavy atom. The lowest BCUT2D eigenvalue weighted by molar-refractivity contribution is 0.477. The second kappa shape index (κ2) is 4.78. The normalized spacial score (nSPS) is 19.6. The quantitative estimate of drug-likeness (QED) is 0.670. The first-order chi connectivity index (χ1) is 10.2. The van der Waals surface area contributed by atoms with Gasteiger partial charge in [0.25, 0.3) is 0 Å². The molecule has 0 radical (unpaired) electrons. The predicted octanol–water partition coefficient (Wildman–Crippen LogP) is 5.16. The van der Waals surface area contributed by atoms with Gasteiger partial charge in [-0.2, -0.15) is 0 Å². The van der Waals surface area contributed by atoms with Crippen molar-refractivity contribution in [3.63, 3.8) is 0 Å². The molecule has 1 unspecified atom stereocenters. The summed E-state index contributed by atoms with van der Waals surface area (Å²) in [5.41, 5.74) is 2.05. The number of para-hydroxylation sites is 2. The van der Waals surface area contributed by atoms with Crippen molar-refractivity contribution >= 4 is 28.8 Å². The van der Waals surface area contributed by atoms with Crippen LogP contribution < -0.4 is 9.64 Å². The summed E-state index contributed by atoms with van der Waals surface area (Å²) in [5.74, 6) is 2.72. The minimum Gasteiger partial charge on any atom is -0.453 e. The number of benzene rings is 2. The number of hydrogen-bond acceptors (Lipinski definition) is 3. The molecule has 0 amide bonds. The van der Waals surface area contributed by atoms with E-state index in [1.54, 1.807) is 0 Å². The van der Waals surface area contributed by atoms with Crippen LogP contribution >= 0.6 is 11.6 Å². The van der Waals surface area contributed by atoms with Crippen LogP contribution in [0.1, 0.15) is 19.8 Å². The third-order valence-corrected chi connectivity index (χ3v) is 4.14. The highest BCUT2D eigenvalue weighted by molar-refractivity contribution is 6.31. The smallest absolute Gasteiger partial charge is 0.153 e. The highest BCUT2D eigenvalue weighted by atomic mass is 35.5. The molecule has 2 aliphatic rings. The topological polar surface area (TPSA) is 24.8 Å². The van der Waals surface area contributed by atoms with E-state index >= 15 is 0 Å². The van der Waals surface area contributed by atoms with Gasteiger partial charge in [0.2, 0.25) is 0 Å². The lowest BCUT2D eigenvalue weighted by Gasteiger charge is -2.32. The van der Waals surface area contributed by atoms with Gasteiger partial charge in [0.15, 0.2) is 11.5 Å². The molecule has 0 aliphatic carbocycles. The molecule has 21 heavy (non-hydrogen) atoms. The fraction of sp³-hybridized carbons (Fsp3) is 0.235. The maximum absolute atomic E-state index is 6.11. The predicted molar refractivity (Wildman–Crippen MR) is 86.2 cm³/mol. The van der Waals surface area contributed by atoms with Gasteiger partial charge in [-0.3, -0.25) is 9.89 Å². The molecular formula is C17H15ClN2O. The fourth-order valence-electron chi connectivity index (χ4n) is 2.90. The van der Waals surface area contributed by atoms with E-state index in [-0.39, 0.29) is 0 Å². The first-order valence-corrected chi connectivity index (χ1v) is 7.53. The largest absolute Gasteiger partial charge is 0.453 e. The summed E-state index contributed by atoms with van der Waals surface area (Å²) in [7, 11) is 0. The summed E-state index contributed by atoms with van der Waals surface area (Å²) in [4.78, 5) is 6.99. The Morgan fingerprint density at radius 2 is 1.95 bits per heavy atom. The Balaban J connectivity index is 1.91. The summed E-state index contributed by atoms with van der Waals surface area (Å²) in [6.07, 6.45) is 2.08. The molecular weight excluding hydrogens is 284 g/mol. The van der Waals surface area contributed by atoms with Crippen molar-refractivity contribution in [3.8, 4) is 11.5 Å². The lowest BCUT2D eigenvalue weighted by atomic mass is 10.1. The number of nitrogens with zero attached hydrogens (tertiary/aromatic N) is 2. The monoisotopic (exact) mass is 298 g/mol. The van der Waals surface area contributed by atoms with Crippen LogP contribution in [0.5, 0.6) is 11.5 Å². The van der Waals surface area contributed by atoms with E-state index in [9.17, 15) is 0 Å². The molecule has 1 atom stereocenters. The van der Waals surface area contributed by atoms with Crippen molar-refractivity contribution in [1.82, 2.24) is 0 Å². The summed E-state index contributed by atoms with van der Waals surface area (Å²) in [6, 6.07) is 14.2. The van der Waals surface area contributed by atoms with Gasteiger partial charge in [0.1, 0.15) is 5.84 Å². The molecule has 106 valence electrons. The molecule has 3 nitrogen and oxygen atoms in total. The Hall–Kier alpha value is -2.00. The first-order valence-electron chi connectivity index (χ1n) is 7.15. The number of hydrogen-bond donors (Lipinski definition) is 0. The molecule has 0 spiro atoms. The Kier molecular flexibility index (Phi) is 2.89. The van der Waals surface area contributed by atoms with Gasteiger partial charge in [-0.1, -0.05) is 23.7 Å². The van der Waals surface area contributed by atoms with E-state index in [1.165, 1.54) is 0 Å². The molecule has 0 aromatic heterocycles. The molecule has 0 N–H and O–H groups in total. The second-order valence-electron chi connectivity index (χ2n) is 5.45. The molecule has 2 heterocycles. The van der Waals surface area contributed by atoms with Gasteiger partial charge in [-0.05, 0) is 37.6 Å². The van der Waals surface area contributed by atoms with Crippen LogP contribution in [0, 0.1) is 0 Å². The van der Waals surface area contributed by atoms with Crippen molar-refractivity contribution in [3.05, 3.63) is 47.5 Å². The van der Waals surface area contributed by atoms with Gasteiger partial charge in [-0.15, -0.1) is 0 Å². The Morgan fingerprint density at radius 3 is 2.76 bits per heavy atom. The van der Waals surface area contributed by atoms with Gasteiger partial charge in [0, 0.05) is 23.6 Å². The standard InChI is InChI=1S/C17H15ClN2O/c1-11-6-9-17(19-11)20-13-4-2-3-5-15(13)21-16-10-12(18)7-8-14(16)20/h2-5,7-8,10-11H,6,9H2,1H3. The van der Waals surface area contributed by atoms with Crippen molar-refractivity contribution in [2.75, 3.05) is 4.90 Å². The van der Waals surface area contributed by atoms with Crippen LogP contribution in [0.3, 0.4) is 0 Å². The van der Waals surface area contributed by atoms with E-state index in [2.05, 4.69) is 17.9 Å². The summed E-state index contributed by atoms with van der Waals surface area (Å²) in [6.45, 7) is 2.15. The molecule has 2 aromatic carbocycles. The Bertz CT molecular complexity index is 741. The summed E-state index contributed by atoms with van der Waals surface area (Å²) in [5, 5.41) is 0.676. The van der Waals surface area contributed by atoms with Crippen LogP contribution in [-0.2, 0) is 0 Å². The maximum Gasteiger partial charge on any atom is 0.153 e. The van der Waals surface area contributed by atoms with E-state index in [0.717, 1.165) is 41.6 Å². The molecule has 2 aliphatic heterocycles. The SMILES string of the molecule is CC1CCC(N2c3ccccc3Oc3cc(Cl)ccc32)=N1.